The van der Waals surface area contributed by atoms with E-state index in [2.05, 4.69) is 0 Å². The molecule has 1 N–H and O–H groups in total. The normalized spacial score (nSPS) is 11.3. The van der Waals surface area contributed by atoms with Gasteiger partial charge in [0, 0.05) is 12.0 Å². The largest absolute Gasteiger partial charge is 0.480 e. The van der Waals surface area contributed by atoms with E-state index >= 15 is 0 Å². The second kappa shape index (κ2) is 5.25. The second-order valence-electron chi connectivity index (χ2n) is 5.08. The van der Waals surface area contributed by atoms with Gasteiger partial charge in [0.15, 0.2) is 5.76 Å². The van der Waals surface area contributed by atoms with E-state index < -0.39 is 17.4 Å². The van der Waals surface area contributed by atoms with Crippen LogP contribution >= 0.6 is 0 Å². The molecule has 0 saturated heterocycles. The van der Waals surface area contributed by atoms with Gasteiger partial charge in [0.1, 0.15) is 12.3 Å². The molecule has 0 aromatic carbocycles. The molecule has 1 rings (SSSR count). The van der Waals surface area contributed by atoms with Crippen LogP contribution in [0.15, 0.2) is 16.5 Å². The zero-order valence-electron chi connectivity index (χ0n) is 11.2. The lowest BCUT2D eigenvalue weighted by molar-refractivity contribution is -0.138. The van der Waals surface area contributed by atoms with Crippen molar-refractivity contribution in [1.29, 1.82) is 0 Å². The van der Waals surface area contributed by atoms with Crippen LogP contribution in [0, 0.1) is 0 Å². The van der Waals surface area contributed by atoms with E-state index in [1.807, 2.05) is 6.92 Å². The summed E-state index contributed by atoms with van der Waals surface area (Å²) < 4.78 is 5.37. The fourth-order valence-corrected chi connectivity index (χ4v) is 1.56. The number of hydrogen-bond acceptors (Lipinski definition) is 3. The van der Waals surface area contributed by atoms with Gasteiger partial charge in [-0.05, 0) is 32.9 Å². The van der Waals surface area contributed by atoms with Gasteiger partial charge >= 0.3 is 5.97 Å². The van der Waals surface area contributed by atoms with E-state index in [1.165, 1.54) is 4.90 Å². The monoisotopic (exact) mass is 253 g/mol. The minimum atomic E-state index is -1.04. The summed E-state index contributed by atoms with van der Waals surface area (Å²) in [4.78, 5) is 24.3. The fraction of sp³-hybridized carbons (Fsp3) is 0.538. The van der Waals surface area contributed by atoms with Gasteiger partial charge in [-0.15, -0.1) is 0 Å². The van der Waals surface area contributed by atoms with E-state index in [-0.39, 0.29) is 12.3 Å². The third-order valence-corrected chi connectivity index (χ3v) is 2.57. The molecule has 0 fully saturated rings. The predicted octanol–water partition coefficient (Wildman–Crippen LogP) is 2.17. The van der Waals surface area contributed by atoms with Crippen LogP contribution in [0.3, 0.4) is 0 Å². The molecule has 0 aliphatic carbocycles. The average Bonchev–Trinajstić information content (AvgIpc) is 2.71. The minimum absolute atomic E-state index is 0.183. The standard InChI is InChI=1S/C13H19NO4/c1-5-9-6-7-10(18-9)12(17)14(8-11(15)16)13(2,3)4/h6-7H,5,8H2,1-4H3,(H,15,16). The zero-order valence-corrected chi connectivity index (χ0v) is 11.2. The quantitative estimate of drug-likeness (QED) is 0.892. The Labute approximate surface area is 106 Å². The van der Waals surface area contributed by atoms with Gasteiger partial charge in [-0.25, -0.2) is 0 Å². The number of aliphatic carboxylic acids is 1. The summed E-state index contributed by atoms with van der Waals surface area (Å²) in [6.07, 6.45) is 0.696. The molecule has 0 unspecified atom stereocenters. The van der Waals surface area contributed by atoms with Gasteiger partial charge in [0.25, 0.3) is 5.91 Å². The highest BCUT2D eigenvalue weighted by molar-refractivity contribution is 5.94. The highest BCUT2D eigenvalue weighted by atomic mass is 16.4. The lowest BCUT2D eigenvalue weighted by atomic mass is 10.1. The van der Waals surface area contributed by atoms with Gasteiger partial charge in [-0.3, -0.25) is 9.59 Å². The molecule has 0 radical (unpaired) electrons. The van der Waals surface area contributed by atoms with Crippen LogP contribution in [0.5, 0.6) is 0 Å². The number of rotatable bonds is 4. The Morgan fingerprint density at radius 1 is 1.33 bits per heavy atom. The van der Waals surface area contributed by atoms with Gasteiger partial charge in [-0.2, -0.15) is 0 Å². The van der Waals surface area contributed by atoms with Crippen molar-refractivity contribution in [3.8, 4) is 0 Å². The number of carboxylic acids is 1. The predicted molar refractivity (Wildman–Crippen MR) is 66.5 cm³/mol. The van der Waals surface area contributed by atoms with Gasteiger partial charge in [-0.1, -0.05) is 6.92 Å². The third-order valence-electron chi connectivity index (χ3n) is 2.57. The lowest BCUT2D eigenvalue weighted by Gasteiger charge is -2.33. The molecular formula is C13H19NO4. The molecule has 5 heteroatoms. The van der Waals surface area contributed by atoms with E-state index in [9.17, 15) is 9.59 Å². The molecule has 1 heterocycles. The number of carbonyl (C=O) groups is 2. The minimum Gasteiger partial charge on any atom is -0.480 e. The number of carboxylic acid groups (broad SMARTS) is 1. The lowest BCUT2D eigenvalue weighted by Crippen LogP contribution is -2.48. The fourth-order valence-electron chi connectivity index (χ4n) is 1.56. The first-order valence-corrected chi connectivity index (χ1v) is 5.88. The Hall–Kier alpha value is -1.78. The summed E-state index contributed by atoms with van der Waals surface area (Å²) in [5, 5.41) is 8.87. The molecule has 5 nitrogen and oxygen atoms in total. The maximum Gasteiger partial charge on any atom is 0.323 e. The van der Waals surface area contributed by atoms with Crippen molar-refractivity contribution >= 4 is 11.9 Å². The Morgan fingerprint density at radius 3 is 2.33 bits per heavy atom. The molecule has 0 aliphatic rings. The molecule has 0 spiro atoms. The number of amides is 1. The van der Waals surface area contributed by atoms with E-state index in [0.29, 0.717) is 12.2 Å². The molecule has 1 aromatic rings. The van der Waals surface area contributed by atoms with Gasteiger partial charge < -0.3 is 14.4 Å². The molecule has 0 atom stereocenters. The SMILES string of the molecule is CCc1ccc(C(=O)N(CC(=O)O)C(C)(C)C)o1. The zero-order chi connectivity index (χ0) is 13.9. The summed E-state index contributed by atoms with van der Waals surface area (Å²) in [5.41, 5.74) is -0.575. The highest BCUT2D eigenvalue weighted by Crippen LogP contribution is 2.18. The maximum absolute atomic E-state index is 12.2. The molecular weight excluding hydrogens is 234 g/mol. The summed E-state index contributed by atoms with van der Waals surface area (Å²) in [7, 11) is 0. The third kappa shape index (κ3) is 3.35. The van der Waals surface area contributed by atoms with Crippen LogP contribution < -0.4 is 0 Å². The summed E-state index contributed by atoms with van der Waals surface area (Å²) in [6.45, 7) is 6.95. The van der Waals surface area contributed by atoms with Crippen molar-refractivity contribution in [2.45, 2.75) is 39.7 Å². The van der Waals surface area contributed by atoms with Crippen molar-refractivity contribution in [3.63, 3.8) is 0 Å². The molecule has 1 aromatic heterocycles. The first-order chi connectivity index (χ1) is 8.25. The van der Waals surface area contributed by atoms with Crippen molar-refractivity contribution in [1.82, 2.24) is 4.90 Å². The average molecular weight is 253 g/mol. The first-order valence-electron chi connectivity index (χ1n) is 5.88. The smallest absolute Gasteiger partial charge is 0.323 e. The molecule has 18 heavy (non-hydrogen) atoms. The Bertz CT molecular complexity index is 442. The Morgan fingerprint density at radius 2 is 1.94 bits per heavy atom. The van der Waals surface area contributed by atoms with E-state index in [0.717, 1.165) is 0 Å². The number of hydrogen-bond donors (Lipinski definition) is 1. The van der Waals surface area contributed by atoms with Crippen molar-refractivity contribution in [2.24, 2.45) is 0 Å². The van der Waals surface area contributed by atoms with Crippen LogP contribution in [0.25, 0.3) is 0 Å². The summed E-state index contributed by atoms with van der Waals surface area (Å²) >= 11 is 0. The van der Waals surface area contributed by atoms with Gasteiger partial charge in [0.05, 0.1) is 0 Å². The second-order valence-corrected chi connectivity index (χ2v) is 5.08. The topological polar surface area (TPSA) is 70.8 Å². The van der Waals surface area contributed by atoms with Crippen LogP contribution in [-0.2, 0) is 11.2 Å². The maximum atomic E-state index is 12.2. The number of aryl methyl sites for hydroxylation is 1. The molecule has 0 saturated carbocycles. The van der Waals surface area contributed by atoms with Crippen LogP contribution in [-0.4, -0.2) is 34.0 Å². The molecule has 1 amide bonds. The van der Waals surface area contributed by atoms with Crippen molar-refractivity contribution < 1.29 is 19.1 Å². The van der Waals surface area contributed by atoms with E-state index in [4.69, 9.17) is 9.52 Å². The molecule has 0 aliphatic heterocycles. The Balaban J connectivity index is 2.98. The summed E-state index contributed by atoms with van der Waals surface area (Å²) in [6, 6.07) is 3.32. The first kappa shape index (κ1) is 14.3. The van der Waals surface area contributed by atoms with Gasteiger partial charge in [0.2, 0.25) is 0 Å². The van der Waals surface area contributed by atoms with E-state index in [1.54, 1.807) is 32.9 Å². The number of carbonyl (C=O) groups excluding carboxylic acids is 1. The molecule has 0 bridgehead atoms. The Kier molecular flexibility index (Phi) is 4.16. The van der Waals surface area contributed by atoms with Crippen LogP contribution in [0.1, 0.15) is 44.0 Å². The molecule has 100 valence electrons. The van der Waals surface area contributed by atoms with Crippen LogP contribution in [0.4, 0.5) is 0 Å². The highest BCUT2D eigenvalue weighted by Gasteiger charge is 2.30. The van der Waals surface area contributed by atoms with Crippen LogP contribution in [0.2, 0.25) is 0 Å². The number of nitrogens with zero attached hydrogens (tertiary/aromatic N) is 1. The van der Waals surface area contributed by atoms with Crippen molar-refractivity contribution in [2.75, 3.05) is 6.54 Å². The number of furan rings is 1. The van der Waals surface area contributed by atoms with Crippen molar-refractivity contribution in [3.05, 3.63) is 23.7 Å². The summed E-state index contributed by atoms with van der Waals surface area (Å²) in [5.74, 6) is -0.546.